The second-order valence-corrected chi connectivity index (χ2v) is 9.52. The Kier molecular flexibility index (Phi) is 13.8. The Labute approximate surface area is 229 Å². The molecule has 0 amide bonds. The van der Waals surface area contributed by atoms with Gasteiger partial charge < -0.3 is 4.79 Å². The standard InChI is InChI=1S/C29H38N.C2H4O.2C2H6/c1-17-19(3)23(7)28(24(8)20(17)4)30(11,27-15-13-12-14-16-27)29-25(9)21(5)18(2)22(6)26(29)10;1-2-3;2*1-2/h12-16H,1-11H3;2H,1H3;2*1-2H3/q+1;;;. The SMILES string of the molecule is CC.CC.CC=O.Cc1c(C)c(C)c([N+](C)(c2ccccc2)c2c(C)c(C)c(C)c(C)c2C)c(C)c1C. The molecule has 3 rings (SSSR count). The summed E-state index contributed by atoms with van der Waals surface area (Å²) in [6.45, 7) is 32.3. The molecule has 0 bridgehead atoms. The number of quaternary nitrogens is 1. The first-order chi connectivity index (χ1) is 17.4. The molecule has 0 unspecified atom stereocenters. The number of hydrogen-bond acceptors (Lipinski definition) is 1. The lowest BCUT2D eigenvalue weighted by atomic mass is 9.87. The van der Waals surface area contributed by atoms with Crippen molar-refractivity contribution in [2.75, 3.05) is 7.05 Å². The number of carbonyl (C=O) groups excluding carboxylic acids is 1. The van der Waals surface area contributed by atoms with Gasteiger partial charge in [-0.25, -0.2) is 4.48 Å². The largest absolute Gasteiger partial charge is 0.304 e. The van der Waals surface area contributed by atoms with Crippen LogP contribution in [-0.2, 0) is 4.79 Å². The van der Waals surface area contributed by atoms with Crippen molar-refractivity contribution in [3.63, 3.8) is 0 Å². The minimum atomic E-state index is 0.695. The first-order valence-corrected chi connectivity index (χ1v) is 13.8. The third-order valence-corrected chi connectivity index (χ3v) is 8.09. The summed E-state index contributed by atoms with van der Waals surface area (Å²) in [5.74, 6) is 0. The van der Waals surface area contributed by atoms with Crippen molar-refractivity contribution in [3.05, 3.63) is 86.0 Å². The summed E-state index contributed by atoms with van der Waals surface area (Å²) in [5.41, 5.74) is 18.2. The van der Waals surface area contributed by atoms with Crippen LogP contribution in [0.15, 0.2) is 30.3 Å². The van der Waals surface area contributed by atoms with Gasteiger partial charge in [-0.1, -0.05) is 45.9 Å². The zero-order valence-electron chi connectivity index (χ0n) is 26.8. The minimum absolute atomic E-state index is 0.695. The molecular formula is C35H54NO+. The highest BCUT2D eigenvalue weighted by Gasteiger charge is 2.39. The van der Waals surface area contributed by atoms with E-state index in [4.69, 9.17) is 4.79 Å². The van der Waals surface area contributed by atoms with Crippen molar-refractivity contribution in [2.24, 2.45) is 0 Å². The predicted molar refractivity (Wildman–Crippen MR) is 168 cm³/mol. The fraction of sp³-hybridized carbons (Fsp3) is 0.457. The van der Waals surface area contributed by atoms with Crippen molar-refractivity contribution in [1.29, 1.82) is 0 Å². The van der Waals surface area contributed by atoms with E-state index < -0.39 is 0 Å². The maximum absolute atomic E-state index is 8.81. The van der Waals surface area contributed by atoms with Crippen LogP contribution < -0.4 is 4.48 Å². The second-order valence-electron chi connectivity index (χ2n) is 9.52. The summed E-state index contributed by atoms with van der Waals surface area (Å²) in [7, 11) is 2.39. The quantitative estimate of drug-likeness (QED) is 0.256. The molecule has 2 nitrogen and oxygen atoms in total. The highest BCUT2D eigenvalue weighted by Crippen LogP contribution is 2.51. The van der Waals surface area contributed by atoms with Gasteiger partial charge in [-0.15, -0.1) is 0 Å². The maximum Gasteiger partial charge on any atom is 0.149 e. The summed E-state index contributed by atoms with van der Waals surface area (Å²) in [4.78, 5) is 8.81. The lowest BCUT2D eigenvalue weighted by Crippen LogP contribution is -2.37. The average Bonchev–Trinajstić information content (AvgIpc) is 2.92. The number of benzene rings is 3. The average molecular weight is 505 g/mol. The number of hydrogen-bond donors (Lipinski definition) is 0. The van der Waals surface area contributed by atoms with E-state index in [0.717, 1.165) is 6.29 Å². The van der Waals surface area contributed by atoms with Gasteiger partial charge in [-0.2, -0.15) is 0 Å². The van der Waals surface area contributed by atoms with Gasteiger partial charge in [0.25, 0.3) is 0 Å². The second kappa shape index (κ2) is 14.9. The van der Waals surface area contributed by atoms with Crippen LogP contribution in [0.3, 0.4) is 0 Å². The van der Waals surface area contributed by atoms with Crippen LogP contribution in [0.2, 0.25) is 0 Å². The molecule has 2 heteroatoms. The molecule has 0 aliphatic carbocycles. The molecule has 0 aliphatic heterocycles. The molecule has 0 aromatic heterocycles. The molecule has 37 heavy (non-hydrogen) atoms. The number of nitrogens with zero attached hydrogens (tertiary/aromatic N) is 1. The van der Waals surface area contributed by atoms with E-state index in [2.05, 4.69) is 107 Å². The van der Waals surface area contributed by atoms with Crippen molar-refractivity contribution in [2.45, 2.75) is 104 Å². The smallest absolute Gasteiger partial charge is 0.149 e. The van der Waals surface area contributed by atoms with Crippen molar-refractivity contribution in [1.82, 2.24) is 4.48 Å². The molecule has 0 atom stereocenters. The minimum Gasteiger partial charge on any atom is -0.304 e. The zero-order chi connectivity index (χ0) is 29.2. The van der Waals surface area contributed by atoms with Crippen LogP contribution in [0.25, 0.3) is 0 Å². The highest BCUT2D eigenvalue weighted by atomic mass is 16.1. The van der Waals surface area contributed by atoms with Crippen molar-refractivity contribution >= 4 is 23.3 Å². The van der Waals surface area contributed by atoms with Gasteiger partial charge in [-0.3, -0.25) is 0 Å². The molecule has 0 saturated carbocycles. The Morgan fingerprint density at radius 1 is 0.486 bits per heavy atom. The fourth-order valence-electron chi connectivity index (χ4n) is 5.40. The maximum atomic E-state index is 8.81. The van der Waals surface area contributed by atoms with E-state index in [-0.39, 0.29) is 0 Å². The van der Waals surface area contributed by atoms with Crippen molar-refractivity contribution < 1.29 is 4.79 Å². The highest BCUT2D eigenvalue weighted by molar-refractivity contribution is 5.81. The fourth-order valence-corrected chi connectivity index (χ4v) is 5.40. The Hall–Kier alpha value is -2.71. The van der Waals surface area contributed by atoms with Crippen LogP contribution >= 0.6 is 0 Å². The first kappa shape index (κ1) is 34.3. The Morgan fingerprint density at radius 2 is 0.703 bits per heavy atom. The molecule has 0 spiro atoms. The van der Waals surface area contributed by atoms with Crippen LogP contribution in [0.4, 0.5) is 17.1 Å². The molecule has 0 aliphatic rings. The lowest BCUT2D eigenvalue weighted by molar-refractivity contribution is -0.106. The van der Waals surface area contributed by atoms with Crippen LogP contribution in [0.1, 0.15) is 90.3 Å². The van der Waals surface area contributed by atoms with Gasteiger partial charge in [0.05, 0.1) is 7.05 Å². The summed E-state index contributed by atoms with van der Waals surface area (Å²) in [6, 6.07) is 11.0. The number of carbonyl (C=O) groups is 1. The van der Waals surface area contributed by atoms with Crippen LogP contribution in [-0.4, -0.2) is 13.3 Å². The van der Waals surface area contributed by atoms with E-state index in [0.29, 0.717) is 4.48 Å². The Bertz CT molecular complexity index is 1060. The Morgan fingerprint density at radius 3 is 0.946 bits per heavy atom. The van der Waals surface area contributed by atoms with Crippen LogP contribution in [0.5, 0.6) is 0 Å². The number of aldehydes is 1. The molecule has 0 N–H and O–H groups in total. The third kappa shape index (κ3) is 6.41. The van der Waals surface area contributed by atoms with Gasteiger partial charge in [0.1, 0.15) is 23.3 Å². The van der Waals surface area contributed by atoms with Gasteiger partial charge in [-0.05, 0) is 122 Å². The summed E-state index contributed by atoms with van der Waals surface area (Å²) < 4.78 is 0.695. The molecule has 3 aromatic carbocycles. The monoisotopic (exact) mass is 504 g/mol. The van der Waals surface area contributed by atoms with Gasteiger partial charge in [0.15, 0.2) is 0 Å². The summed E-state index contributed by atoms with van der Waals surface area (Å²) >= 11 is 0. The van der Waals surface area contributed by atoms with E-state index in [1.807, 2.05) is 27.7 Å². The first-order valence-electron chi connectivity index (χ1n) is 13.8. The molecule has 0 saturated heterocycles. The summed E-state index contributed by atoms with van der Waals surface area (Å²) in [5, 5.41) is 0. The molecule has 3 aromatic rings. The number of para-hydroxylation sites is 1. The molecule has 0 radical (unpaired) electrons. The third-order valence-electron chi connectivity index (χ3n) is 8.09. The van der Waals surface area contributed by atoms with Crippen LogP contribution in [0, 0.1) is 69.2 Å². The van der Waals surface area contributed by atoms with Gasteiger partial charge in [0.2, 0.25) is 0 Å². The molecule has 0 fully saturated rings. The zero-order valence-corrected chi connectivity index (χ0v) is 26.8. The summed E-state index contributed by atoms with van der Waals surface area (Å²) in [6.07, 6.45) is 0.750. The molecular weight excluding hydrogens is 450 g/mol. The van der Waals surface area contributed by atoms with E-state index in [9.17, 15) is 0 Å². The molecule has 0 heterocycles. The predicted octanol–water partition coefficient (Wildman–Crippen LogP) is 10.6. The topological polar surface area (TPSA) is 17.1 Å². The van der Waals surface area contributed by atoms with E-state index in [1.165, 1.54) is 79.6 Å². The Balaban J connectivity index is 0.00000169. The normalized spacial score (nSPS) is 10.3. The number of rotatable bonds is 3. The molecule has 204 valence electrons. The van der Waals surface area contributed by atoms with Gasteiger partial charge in [0, 0.05) is 22.3 Å². The van der Waals surface area contributed by atoms with Gasteiger partial charge >= 0.3 is 0 Å². The van der Waals surface area contributed by atoms with E-state index >= 15 is 0 Å². The van der Waals surface area contributed by atoms with E-state index in [1.54, 1.807) is 0 Å². The van der Waals surface area contributed by atoms with Crippen molar-refractivity contribution in [3.8, 4) is 0 Å². The lowest BCUT2D eigenvalue weighted by Gasteiger charge is -2.39.